The summed E-state index contributed by atoms with van der Waals surface area (Å²) in [5.74, 6) is 1.09. The quantitative estimate of drug-likeness (QED) is 0.536. The maximum atomic E-state index is 12.7. The molecule has 0 aliphatic heterocycles. The lowest BCUT2D eigenvalue weighted by Gasteiger charge is -2.14. The number of amides is 1. The Morgan fingerprint density at radius 3 is 2.62 bits per heavy atom. The molecule has 2 N–H and O–H groups in total. The first-order chi connectivity index (χ1) is 14.0. The summed E-state index contributed by atoms with van der Waals surface area (Å²) in [6.07, 6.45) is 0.755. The average molecular weight is 412 g/mol. The molecule has 6 nitrogen and oxygen atoms in total. The highest BCUT2D eigenvalue weighted by molar-refractivity contribution is 8.00. The zero-order valence-corrected chi connectivity index (χ0v) is 17.8. The lowest BCUT2D eigenvalue weighted by molar-refractivity contribution is -0.115. The van der Waals surface area contributed by atoms with Gasteiger partial charge in [-0.3, -0.25) is 4.79 Å². The van der Waals surface area contributed by atoms with Gasteiger partial charge in [0.15, 0.2) is 5.16 Å². The van der Waals surface area contributed by atoms with Crippen molar-refractivity contribution in [3.05, 3.63) is 65.5 Å². The van der Waals surface area contributed by atoms with E-state index in [-0.39, 0.29) is 11.2 Å². The maximum Gasteiger partial charge on any atom is 0.237 e. The highest BCUT2D eigenvalue weighted by Gasteiger charge is 2.19. The summed E-state index contributed by atoms with van der Waals surface area (Å²) in [5, 5.41) is 3.30. The molecular formula is C22H25N3O3S. The molecule has 0 aliphatic carbocycles. The zero-order chi connectivity index (χ0) is 20.8. The Balaban J connectivity index is 1.66. The lowest BCUT2D eigenvalue weighted by Crippen LogP contribution is -2.22. The van der Waals surface area contributed by atoms with Crippen molar-refractivity contribution in [2.45, 2.75) is 30.7 Å². The van der Waals surface area contributed by atoms with Crippen molar-refractivity contribution in [3.63, 3.8) is 0 Å². The summed E-state index contributed by atoms with van der Waals surface area (Å²) in [6.45, 7) is 3.85. The second-order valence-corrected chi connectivity index (χ2v) is 7.92. The molecule has 2 aromatic carbocycles. The number of ether oxygens (including phenoxy) is 2. The molecule has 29 heavy (non-hydrogen) atoms. The molecule has 1 amide bonds. The van der Waals surface area contributed by atoms with Gasteiger partial charge in [-0.2, -0.15) is 0 Å². The molecule has 3 rings (SSSR count). The maximum absolute atomic E-state index is 12.7. The fraction of sp³-hybridized carbons (Fsp3) is 0.273. The topological polar surface area (TPSA) is 76.2 Å². The fourth-order valence-electron chi connectivity index (χ4n) is 2.85. The van der Waals surface area contributed by atoms with Gasteiger partial charge in [-0.25, -0.2) is 4.98 Å². The van der Waals surface area contributed by atoms with Crippen molar-refractivity contribution < 1.29 is 14.3 Å². The standard InChI is InChI=1S/C22H25N3O3S/c1-14-18(12-16-8-6-5-7-9-16)25-22(23-14)29-15(2)21(26)24-19-13-17(27-3)10-11-20(19)28-4/h5-11,13,15H,12H2,1-4H3,(H,23,25)(H,24,26). The molecule has 1 heterocycles. The molecule has 1 aromatic heterocycles. The number of nitrogens with zero attached hydrogens (tertiary/aromatic N) is 1. The number of rotatable bonds is 8. The number of H-pyrrole nitrogens is 1. The Hall–Kier alpha value is -2.93. The first-order valence-electron chi connectivity index (χ1n) is 9.29. The smallest absolute Gasteiger partial charge is 0.237 e. The van der Waals surface area contributed by atoms with Gasteiger partial charge in [0.25, 0.3) is 0 Å². The van der Waals surface area contributed by atoms with Crippen molar-refractivity contribution in [2.75, 3.05) is 19.5 Å². The number of hydrogen-bond acceptors (Lipinski definition) is 5. The molecule has 7 heteroatoms. The van der Waals surface area contributed by atoms with Crippen LogP contribution in [0.4, 0.5) is 5.69 Å². The van der Waals surface area contributed by atoms with Crippen LogP contribution in [0.2, 0.25) is 0 Å². The van der Waals surface area contributed by atoms with E-state index < -0.39 is 0 Å². The van der Waals surface area contributed by atoms with E-state index in [4.69, 9.17) is 9.47 Å². The lowest BCUT2D eigenvalue weighted by atomic mass is 10.1. The van der Waals surface area contributed by atoms with Crippen LogP contribution in [0.15, 0.2) is 53.7 Å². The minimum Gasteiger partial charge on any atom is -0.497 e. The molecule has 1 unspecified atom stereocenters. The molecule has 0 saturated heterocycles. The molecular weight excluding hydrogens is 386 g/mol. The number of nitrogens with one attached hydrogen (secondary N) is 2. The summed E-state index contributed by atoms with van der Waals surface area (Å²) in [4.78, 5) is 20.7. The number of hydrogen-bond donors (Lipinski definition) is 2. The first-order valence-corrected chi connectivity index (χ1v) is 10.2. The predicted octanol–water partition coefficient (Wildman–Crippen LogP) is 4.45. The summed E-state index contributed by atoms with van der Waals surface area (Å²) in [5.41, 5.74) is 3.78. The molecule has 0 saturated carbocycles. The fourth-order valence-corrected chi connectivity index (χ4v) is 3.73. The van der Waals surface area contributed by atoms with Crippen LogP contribution in [0.3, 0.4) is 0 Å². The van der Waals surface area contributed by atoms with E-state index in [0.717, 1.165) is 23.0 Å². The minimum atomic E-state index is -0.346. The highest BCUT2D eigenvalue weighted by atomic mass is 32.2. The van der Waals surface area contributed by atoms with Crippen LogP contribution in [-0.2, 0) is 11.2 Å². The number of methoxy groups -OCH3 is 2. The number of benzene rings is 2. The van der Waals surface area contributed by atoms with Gasteiger partial charge in [-0.15, -0.1) is 0 Å². The van der Waals surface area contributed by atoms with Crippen LogP contribution in [0.25, 0.3) is 0 Å². The number of aryl methyl sites for hydroxylation is 1. The molecule has 0 radical (unpaired) electrons. The van der Waals surface area contributed by atoms with Gasteiger partial charge in [-0.05, 0) is 31.5 Å². The molecule has 1 atom stereocenters. The third-order valence-corrected chi connectivity index (χ3v) is 5.48. The number of imidazole rings is 1. The predicted molar refractivity (Wildman–Crippen MR) is 116 cm³/mol. The minimum absolute atomic E-state index is 0.139. The second-order valence-electron chi connectivity index (χ2n) is 6.59. The van der Waals surface area contributed by atoms with Crippen molar-refractivity contribution in [2.24, 2.45) is 0 Å². The highest BCUT2D eigenvalue weighted by Crippen LogP contribution is 2.30. The van der Waals surface area contributed by atoms with Gasteiger partial charge < -0.3 is 19.8 Å². The number of thioether (sulfide) groups is 1. The Labute approximate surface area is 175 Å². The van der Waals surface area contributed by atoms with E-state index in [9.17, 15) is 4.79 Å². The van der Waals surface area contributed by atoms with E-state index in [1.165, 1.54) is 17.3 Å². The van der Waals surface area contributed by atoms with Gasteiger partial charge >= 0.3 is 0 Å². The Morgan fingerprint density at radius 1 is 1.17 bits per heavy atom. The van der Waals surface area contributed by atoms with Crippen LogP contribution in [0.1, 0.15) is 23.9 Å². The van der Waals surface area contributed by atoms with Gasteiger partial charge in [0.2, 0.25) is 5.91 Å². The van der Waals surface area contributed by atoms with Crippen LogP contribution in [-0.4, -0.2) is 35.3 Å². The number of carbonyl (C=O) groups is 1. The average Bonchev–Trinajstić information content (AvgIpc) is 3.07. The van der Waals surface area contributed by atoms with Gasteiger partial charge in [0.1, 0.15) is 11.5 Å². The molecule has 0 fully saturated rings. The third-order valence-electron chi connectivity index (χ3n) is 4.50. The number of aromatic amines is 1. The summed E-state index contributed by atoms with van der Waals surface area (Å²) < 4.78 is 10.6. The van der Waals surface area contributed by atoms with E-state index in [0.29, 0.717) is 17.2 Å². The normalized spacial score (nSPS) is 11.7. The first kappa shape index (κ1) is 20.8. The monoisotopic (exact) mass is 411 g/mol. The molecule has 152 valence electrons. The van der Waals surface area contributed by atoms with Crippen LogP contribution in [0.5, 0.6) is 11.5 Å². The summed E-state index contributed by atoms with van der Waals surface area (Å²) >= 11 is 1.39. The van der Waals surface area contributed by atoms with Crippen molar-refractivity contribution >= 4 is 23.4 Å². The molecule has 0 bridgehead atoms. The number of aromatic nitrogens is 2. The zero-order valence-electron chi connectivity index (χ0n) is 17.0. The van der Waals surface area contributed by atoms with E-state index >= 15 is 0 Å². The van der Waals surface area contributed by atoms with Crippen molar-refractivity contribution in [1.82, 2.24) is 9.97 Å². The Kier molecular flexibility index (Phi) is 6.82. The van der Waals surface area contributed by atoms with E-state index in [1.54, 1.807) is 32.4 Å². The van der Waals surface area contributed by atoms with Crippen LogP contribution in [0, 0.1) is 6.92 Å². The second kappa shape index (κ2) is 9.52. The third kappa shape index (κ3) is 5.32. The summed E-state index contributed by atoms with van der Waals surface area (Å²) in [6, 6.07) is 15.5. The van der Waals surface area contributed by atoms with Gasteiger partial charge in [-0.1, -0.05) is 42.1 Å². The largest absolute Gasteiger partial charge is 0.497 e. The van der Waals surface area contributed by atoms with Gasteiger partial charge in [0, 0.05) is 18.2 Å². The number of carbonyl (C=O) groups excluding carboxylic acids is 1. The number of anilines is 1. The van der Waals surface area contributed by atoms with Crippen LogP contribution < -0.4 is 14.8 Å². The summed E-state index contributed by atoms with van der Waals surface area (Å²) in [7, 11) is 3.15. The van der Waals surface area contributed by atoms with Gasteiger partial charge in [0.05, 0.1) is 30.9 Å². The molecule has 3 aromatic rings. The van der Waals surface area contributed by atoms with Crippen molar-refractivity contribution in [1.29, 1.82) is 0 Å². The Bertz CT molecular complexity index is 973. The molecule has 0 aliphatic rings. The van der Waals surface area contributed by atoms with Crippen LogP contribution >= 0.6 is 11.8 Å². The SMILES string of the molecule is COc1ccc(OC)c(NC(=O)C(C)Sc2nc(Cc3ccccc3)c(C)[nH]2)c1. The van der Waals surface area contributed by atoms with E-state index in [1.807, 2.05) is 32.0 Å². The Morgan fingerprint density at radius 2 is 1.93 bits per heavy atom. The van der Waals surface area contributed by atoms with Crippen molar-refractivity contribution in [3.8, 4) is 11.5 Å². The van der Waals surface area contributed by atoms with E-state index in [2.05, 4.69) is 27.4 Å². The molecule has 0 spiro atoms.